The van der Waals surface area contributed by atoms with Crippen LogP contribution in [0.1, 0.15) is 21.3 Å². The van der Waals surface area contributed by atoms with Crippen LogP contribution in [0.25, 0.3) is 22.0 Å². The molecule has 0 bridgehead atoms. The zero-order valence-corrected chi connectivity index (χ0v) is 16.4. The fourth-order valence-electron chi connectivity index (χ4n) is 2.31. The summed E-state index contributed by atoms with van der Waals surface area (Å²) in [5.41, 5.74) is 2.37. The SMILES string of the molecule is Cc1nc(-c2ccsc2)sc1C(=O)OCc1nnc(-c2ccc(Cl)cc2)o1. The van der Waals surface area contributed by atoms with E-state index >= 15 is 0 Å². The molecular weight excluding hydrogens is 406 g/mol. The van der Waals surface area contributed by atoms with E-state index in [9.17, 15) is 4.79 Å². The monoisotopic (exact) mass is 417 g/mol. The van der Waals surface area contributed by atoms with Crippen molar-refractivity contribution in [3.05, 3.63) is 62.6 Å². The number of aromatic nitrogens is 3. The van der Waals surface area contributed by atoms with Crippen LogP contribution in [0.2, 0.25) is 5.02 Å². The van der Waals surface area contributed by atoms with Crippen LogP contribution < -0.4 is 0 Å². The lowest BCUT2D eigenvalue weighted by molar-refractivity contribution is 0.0443. The summed E-state index contributed by atoms with van der Waals surface area (Å²) in [5.74, 6) is 0.0951. The van der Waals surface area contributed by atoms with Gasteiger partial charge in [-0.25, -0.2) is 9.78 Å². The highest BCUT2D eigenvalue weighted by Crippen LogP contribution is 2.30. The molecule has 0 radical (unpaired) electrons. The van der Waals surface area contributed by atoms with E-state index in [1.54, 1.807) is 42.5 Å². The molecule has 3 heterocycles. The summed E-state index contributed by atoms with van der Waals surface area (Å²) < 4.78 is 10.8. The van der Waals surface area contributed by atoms with Gasteiger partial charge in [-0.1, -0.05) is 11.6 Å². The number of carbonyl (C=O) groups excluding carboxylic acids is 1. The van der Waals surface area contributed by atoms with Crippen LogP contribution in [0.5, 0.6) is 0 Å². The highest BCUT2D eigenvalue weighted by atomic mass is 35.5. The molecule has 136 valence electrons. The first-order chi connectivity index (χ1) is 13.1. The second-order valence-electron chi connectivity index (χ2n) is 5.53. The molecule has 0 aliphatic carbocycles. The Labute approximate surface area is 167 Å². The van der Waals surface area contributed by atoms with Crippen molar-refractivity contribution in [1.29, 1.82) is 0 Å². The van der Waals surface area contributed by atoms with E-state index in [0.29, 0.717) is 21.5 Å². The largest absolute Gasteiger partial charge is 0.451 e. The number of thiazole rings is 1. The lowest BCUT2D eigenvalue weighted by atomic mass is 10.2. The number of hydrogen-bond donors (Lipinski definition) is 0. The molecular formula is C18H12ClN3O3S2. The maximum atomic E-state index is 12.4. The zero-order chi connectivity index (χ0) is 18.8. The third kappa shape index (κ3) is 3.92. The summed E-state index contributed by atoms with van der Waals surface area (Å²) in [4.78, 5) is 17.3. The summed E-state index contributed by atoms with van der Waals surface area (Å²) in [5, 5.41) is 13.2. The Balaban J connectivity index is 1.43. The molecule has 0 aliphatic heterocycles. The molecule has 0 atom stereocenters. The Morgan fingerprint density at radius 1 is 1.19 bits per heavy atom. The first-order valence-corrected chi connectivity index (χ1v) is 9.99. The molecule has 1 aromatic carbocycles. The maximum Gasteiger partial charge on any atom is 0.350 e. The fraction of sp³-hybridized carbons (Fsp3) is 0.111. The summed E-state index contributed by atoms with van der Waals surface area (Å²) >= 11 is 8.75. The third-order valence-corrected chi connectivity index (χ3v) is 5.76. The second-order valence-corrected chi connectivity index (χ2v) is 7.75. The number of thiophene rings is 1. The number of esters is 1. The van der Waals surface area contributed by atoms with Gasteiger partial charge < -0.3 is 9.15 Å². The van der Waals surface area contributed by atoms with Crippen LogP contribution in [-0.4, -0.2) is 21.2 Å². The van der Waals surface area contributed by atoms with E-state index in [0.717, 1.165) is 16.1 Å². The van der Waals surface area contributed by atoms with Gasteiger partial charge in [0.15, 0.2) is 6.61 Å². The number of nitrogens with zero attached hydrogens (tertiary/aromatic N) is 3. The predicted octanol–water partition coefficient (Wildman–Crippen LogP) is 5.24. The molecule has 4 rings (SSSR count). The van der Waals surface area contributed by atoms with Crippen molar-refractivity contribution in [3.8, 4) is 22.0 Å². The van der Waals surface area contributed by atoms with Gasteiger partial charge in [0.1, 0.15) is 9.88 Å². The van der Waals surface area contributed by atoms with Crippen LogP contribution in [-0.2, 0) is 11.3 Å². The van der Waals surface area contributed by atoms with Crippen molar-refractivity contribution < 1.29 is 13.9 Å². The van der Waals surface area contributed by atoms with Crippen molar-refractivity contribution in [3.63, 3.8) is 0 Å². The minimum Gasteiger partial charge on any atom is -0.451 e. The summed E-state index contributed by atoms with van der Waals surface area (Å²) in [6.45, 7) is 1.68. The topological polar surface area (TPSA) is 78.1 Å². The number of benzene rings is 1. The average Bonchev–Trinajstić information content (AvgIpc) is 3.41. The van der Waals surface area contributed by atoms with E-state index in [1.165, 1.54) is 11.3 Å². The van der Waals surface area contributed by atoms with Gasteiger partial charge in [-0.2, -0.15) is 11.3 Å². The number of hydrogen-bond acceptors (Lipinski definition) is 8. The Kier molecular flexibility index (Phi) is 5.02. The molecule has 6 nitrogen and oxygen atoms in total. The number of aryl methyl sites for hydroxylation is 1. The predicted molar refractivity (Wildman–Crippen MR) is 104 cm³/mol. The van der Waals surface area contributed by atoms with Crippen LogP contribution in [0.15, 0.2) is 45.5 Å². The van der Waals surface area contributed by atoms with E-state index in [1.807, 2.05) is 16.8 Å². The lowest BCUT2D eigenvalue weighted by Gasteiger charge is -2.00. The second kappa shape index (κ2) is 7.59. The smallest absolute Gasteiger partial charge is 0.350 e. The van der Waals surface area contributed by atoms with E-state index in [2.05, 4.69) is 15.2 Å². The first-order valence-electron chi connectivity index (χ1n) is 7.85. The molecule has 3 aromatic heterocycles. The van der Waals surface area contributed by atoms with Gasteiger partial charge in [-0.15, -0.1) is 21.5 Å². The van der Waals surface area contributed by atoms with Crippen molar-refractivity contribution in [2.45, 2.75) is 13.5 Å². The van der Waals surface area contributed by atoms with Gasteiger partial charge in [0.05, 0.1) is 5.69 Å². The summed E-state index contributed by atoms with van der Waals surface area (Å²) in [6, 6.07) is 8.99. The number of halogens is 1. The molecule has 27 heavy (non-hydrogen) atoms. The van der Waals surface area contributed by atoms with Crippen LogP contribution in [0, 0.1) is 6.92 Å². The quantitative estimate of drug-likeness (QED) is 0.413. The van der Waals surface area contributed by atoms with Crippen molar-refractivity contribution in [2.75, 3.05) is 0 Å². The van der Waals surface area contributed by atoms with Gasteiger partial charge in [-0.3, -0.25) is 0 Å². The normalized spacial score (nSPS) is 10.9. The van der Waals surface area contributed by atoms with E-state index < -0.39 is 5.97 Å². The van der Waals surface area contributed by atoms with Crippen molar-refractivity contribution >= 4 is 40.2 Å². The Morgan fingerprint density at radius 2 is 2.00 bits per heavy atom. The van der Waals surface area contributed by atoms with Crippen molar-refractivity contribution in [2.24, 2.45) is 0 Å². The highest BCUT2D eigenvalue weighted by Gasteiger charge is 2.19. The van der Waals surface area contributed by atoms with Crippen LogP contribution in [0.4, 0.5) is 0 Å². The van der Waals surface area contributed by atoms with Crippen LogP contribution >= 0.6 is 34.3 Å². The first kappa shape index (κ1) is 17.8. The standard InChI is InChI=1S/C18H12ClN3O3S2/c1-10-15(27-17(20-10)12-6-7-26-9-12)18(23)24-8-14-21-22-16(25-14)11-2-4-13(19)5-3-11/h2-7,9H,8H2,1H3. The maximum absolute atomic E-state index is 12.4. The van der Waals surface area contributed by atoms with Crippen LogP contribution in [0.3, 0.4) is 0 Å². The van der Waals surface area contributed by atoms with Gasteiger partial charge >= 0.3 is 5.97 Å². The van der Waals surface area contributed by atoms with Crippen molar-refractivity contribution in [1.82, 2.24) is 15.2 Å². The Morgan fingerprint density at radius 3 is 2.74 bits per heavy atom. The number of rotatable bonds is 5. The highest BCUT2D eigenvalue weighted by molar-refractivity contribution is 7.17. The molecule has 0 unspecified atom stereocenters. The molecule has 0 saturated heterocycles. The number of ether oxygens (including phenoxy) is 1. The van der Waals surface area contributed by atoms with Gasteiger partial charge in [0, 0.05) is 21.5 Å². The molecule has 9 heteroatoms. The van der Waals surface area contributed by atoms with E-state index in [4.69, 9.17) is 20.8 Å². The molecule has 0 spiro atoms. The molecule has 0 N–H and O–H groups in total. The molecule has 0 fully saturated rings. The van der Waals surface area contributed by atoms with Gasteiger partial charge in [-0.05, 0) is 42.6 Å². The summed E-state index contributed by atoms with van der Waals surface area (Å²) in [7, 11) is 0. The van der Waals surface area contributed by atoms with Gasteiger partial charge in [0.25, 0.3) is 5.89 Å². The minimum atomic E-state index is -0.460. The molecule has 0 saturated carbocycles. The molecule has 0 amide bonds. The van der Waals surface area contributed by atoms with E-state index in [-0.39, 0.29) is 12.5 Å². The molecule has 0 aliphatic rings. The average molecular weight is 418 g/mol. The number of carbonyl (C=O) groups is 1. The zero-order valence-electron chi connectivity index (χ0n) is 14.0. The van der Waals surface area contributed by atoms with Gasteiger partial charge in [0.2, 0.25) is 5.89 Å². The molecule has 4 aromatic rings. The third-order valence-electron chi connectivity index (χ3n) is 3.63. The Hall–Kier alpha value is -2.55. The Bertz CT molecular complexity index is 1070. The minimum absolute atomic E-state index is 0.107. The summed E-state index contributed by atoms with van der Waals surface area (Å²) in [6.07, 6.45) is 0. The fourth-order valence-corrected chi connectivity index (χ4v) is 4.11. The lowest BCUT2D eigenvalue weighted by Crippen LogP contribution is -2.05.